The van der Waals surface area contributed by atoms with Crippen LogP contribution in [-0.4, -0.2) is 35.8 Å². The fourth-order valence-electron chi connectivity index (χ4n) is 3.71. The zero-order chi connectivity index (χ0) is 23.5. The van der Waals surface area contributed by atoms with Crippen LogP contribution in [0.5, 0.6) is 0 Å². The summed E-state index contributed by atoms with van der Waals surface area (Å²) < 4.78 is 0. The average molecular weight is 461 g/mol. The third kappa shape index (κ3) is 7.28. The van der Waals surface area contributed by atoms with Gasteiger partial charge in [0, 0.05) is 11.4 Å². The number of nitrogens with one attached hydrogen (secondary N) is 1. The van der Waals surface area contributed by atoms with Gasteiger partial charge in [-0.05, 0) is 42.5 Å². The molecule has 2 aromatic carbocycles. The molecule has 0 bridgehead atoms. The molecular weight excluding hydrogens is 432 g/mol. The number of benzene rings is 2. The number of rotatable bonds is 6. The fourth-order valence-corrected chi connectivity index (χ4v) is 4.45. The molecule has 1 saturated heterocycles. The van der Waals surface area contributed by atoms with Gasteiger partial charge in [-0.2, -0.15) is 5.26 Å². The van der Waals surface area contributed by atoms with Crippen LogP contribution >= 0.6 is 11.3 Å². The number of nitrogens with two attached hydrogens (primary N) is 1. The van der Waals surface area contributed by atoms with Crippen LogP contribution in [0.1, 0.15) is 33.7 Å². The SMILES string of the molecule is N#Cc1ccc(CNC(=O)C2CCCN2C(=O)CN)s1.c1ccc(Cc2ccccc2)cc1. The normalized spacial score (nSPS) is 14.7. The van der Waals surface area contributed by atoms with Crippen molar-refractivity contribution in [2.75, 3.05) is 13.1 Å². The molecule has 0 spiro atoms. The van der Waals surface area contributed by atoms with Gasteiger partial charge in [-0.1, -0.05) is 60.7 Å². The van der Waals surface area contributed by atoms with Gasteiger partial charge in [0.2, 0.25) is 11.8 Å². The van der Waals surface area contributed by atoms with E-state index in [1.807, 2.05) is 6.07 Å². The van der Waals surface area contributed by atoms with E-state index in [-0.39, 0.29) is 18.4 Å². The Labute approximate surface area is 198 Å². The quantitative estimate of drug-likeness (QED) is 0.588. The maximum Gasteiger partial charge on any atom is 0.243 e. The second-order valence-corrected chi connectivity index (χ2v) is 8.86. The summed E-state index contributed by atoms with van der Waals surface area (Å²) >= 11 is 1.35. The summed E-state index contributed by atoms with van der Waals surface area (Å²) in [6.07, 6.45) is 2.52. The molecule has 1 atom stereocenters. The zero-order valence-corrected chi connectivity index (χ0v) is 19.3. The van der Waals surface area contributed by atoms with E-state index in [2.05, 4.69) is 72.0 Å². The van der Waals surface area contributed by atoms with Gasteiger partial charge in [0.25, 0.3) is 0 Å². The van der Waals surface area contributed by atoms with E-state index in [4.69, 9.17) is 11.0 Å². The molecule has 2 amide bonds. The van der Waals surface area contributed by atoms with Gasteiger partial charge in [-0.25, -0.2) is 0 Å². The summed E-state index contributed by atoms with van der Waals surface area (Å²) in [4.78, 5) is 26.8. The highest BCUT2D eigenvalue weighted by atomic mass is 32.1. The molecule has 3 N–H and O–H groups in total. The Bertz CT molecular complexity index is 1040. The average Bonchev–Trinajstić information content (AvgIpc) is 3.54. The summed E-state index contributed by atoms with van der Waals surface area (Å²) in [5.74, 6) is -0.346. The lowest BCUT2D eigenvalue weighted by atomic mass is 10.1. The second kappa shape index (κ2) is 12.5. The van der Waals surface area contributed by atoms with Crippen molar-refractivity contribution in [3.63, 3.8) is 0 Å². The number of carbonyl (C=O) groups is 2. The first-order valence-electron chi connectivity index (χ1n) is 10.9. The maximum absolute atomic E-state index is 12.1. The van der Waals surface area contributed by atoms with Crippen LogP contribution in [0, 0.1) is 11.3 Å². The number of amides is 2. The van der Waals surface area contributed by atoms with Crippen LogP contribution in [0.2, 0.25) is 0 Å². The summed E-state index contributed by atoms with van der Waals surface area (Å²) in [6.45, 7) is 0.901. The maximum atomic E-state index is 12.1. The lowest BCUT2D eigenvalue weighted by Crippen LogP contribution is -2.47. The van der Waals surface area contributed by atoms with E-state index in [1.54, 1.807) is 11.0 Å². The van der Waals surface area contributed by atoms with Crippen molar-refractivity contribution in [1.82, 2.24) is 10.2 Å². The second-order valence-electron chi connectivity index (χ2n) is 7.69. The minimum Gasteiger partial charge on any atom is -0.349 e. The van der Waals surface area contributed by atoms with E-state index < -0.39 is 6.04 Å². The van der Waals surface area contributed by atoms with Crippen LogP contribution in [0.25, 0.3) is 0 Å². The van der Waals surface area contributed by atoms with Gasteiger partial charge in [-0.3, -0.25) is 9.59 Å². The van der Waals surface area contributed by atoms with Gasteiger partial charge in [-0.15, -0.1) is 11.3 Å². The van der Waals surface area contributed by atoms with Crippen molar-refractivity contribution in [3.05, 3.63) is 93.7 Å². The molecule has 7 heteroatoms. The number of hydrogen-bond donors (Lipinski definition) is 2. The van der Waals surface area contributed by atoms with Gasteiger partial charge < -0.3 is 16.0 Å². The summed E-state index contributed by atoms with van der Waals surface area (Å²) in [5.41, 5.74) is 8.08. The Balaban J connectivity index is 0.000000203. The highest BCUT2D eigenvalue weighted by molar-refractivity contribution is 7.12. The fraction of sp³-hybridized carbons (Fsp3) is 0.269. The minimum absolute atomic E-state index is 0.0692. The molecule has 33 heavy (non-hydrogen) atoms. The van der Waals surface area contributed by atoms with Gasteiger partial charge in [0.1, 0.15) is 17.0 Å². The van der Waals surface area contributed by atoms with Gasteiger partial charge >= 0.3 is 0 Å². The molecule has 4 rings (SSSR count). The largest absolute Gasteiger partial charge is 0.349 e. The molecule has 1 aliphatic rings. The molecule has 0 saturated carbocycles. The third-order valence-electron chi connectivity index (χ3n) is 5.35. The van der Waals surface area contributed by atoms with E-state index >= 15 is 0 Å². The lowest BCUT2D eigenvalue weighted by Gasteiger charge is -2.23. The van der Waals surface area contributed by atoms with E-state index in [9.17, 15) is 9.59 Å². The highest BCUT2D eigenvalue weighted by Crippen LogP contribution is 2.18. The van der Waals surface area contributed by atoms with Crippen LogP contribution in [-0.2, 0) is 22.6 Å². The van der Waals surface area contributed by atoms with Crippen LogP contribution in [0.4, 0.5) is 0 Å². The van der Waals surface area contributed by atoms with E-state index in [1.165, 1.54) is 22.5 Å². The first kappa shape index (κ1) is 24.2. The predicted octanol–water partition coefficient (Wildman–Crippen LogP) is 3.46. The smallest absolute Gasteiger partial charge is 0.243 e. The van der Waals surface area contributed by atoms with Gasteiger partial charge in [0.15, 0.2) is 0 Å². The molecule has 1 unspecified atom stereocenters. The Morgan fingerprint density at radius 1 is 1.03 bits per heavy atom. The Morgan fingerprint density at radius 2 is 1.67 bits per heavy atom. The number of nitrogens with zero attached hydrogens (tertiary/aromatic N) is 2. The van der Waals surface area contributed by atoms with Crippen molar-refractivity contribution in [3.8, 4) is 6.07 Å². The molecular formula is C26H28N4O2S. The number of thiophene rings is 1. The first-order chi connectivity index (χ1) is 16.1. The lowest BCUT2D eigenvalue weighted by molar-refractivity contribution is -0.137. The standard InChI is InChI=1S/C13H16N4O2S.C13H12/c14-6-9-3-4-10(20-9)8-16-13(19)11-2-1-5-17(11)12(18)7-15;1-3-7-12(8-4-1)11-13-9-5-2-6-10-13/h3-4,11H,1-2,5,7-8,15H2,(H,16,19);1-10H,11H2. The molecule has 1 aromatic heterocycles. The van der Waals surface area contributed by atoms with Crippen molar-refractivity contribution in [2.24, 2.45) is 5.73 Å². The summed E-state index contributed by atoms with van der Waals surface area (Å²) in [5, 5.41) is 11.6. The number of hydrogen-bond acceptors (Lipinski definition) is 5. The summed E-state index contributed by atoms with van der Waals surface area (Å²) in [6, 6.07) is 26.3. The third-order valence-corrected chi connectivity index (χ3v) is 6.34. The number of nitriles is 1. The van der Waals surface area contributed by atoms with Crippen molar-refractivity contribution in [1.29, 1.82) is 5.26 Å². The van der Waals surface area contributed by atoms with Crippen molar-refractivity contribution >= 4 is 23.2 Å². The van der Waals surface area contributed by atoms with Crippen LogP contribution in [0.15, 0.2) is 72.8 Å². The summed E-state index contributed by atoms with van der Waals surface area (Å²) in [7, 11) is 0. The van der Waals surface area contributed by atoms with E-state index in [0.717, 1.165) is 17.7 Å². The molecule has 3 aromatic rings. The molecule has 6 nitrogen and oxygen atoms in total. The minimum atomic E-state index is -0.415. The molecule has 1 fully saturated rings. The van der Waals surface area contributed by atoms with Crippen LogP contribution in [0.3, 0.4) is 0 Å². The highest BCUT2D eigenvalue weighted by Gasteiger charge is 2.33. The van der Waals surface area contributed by atoms with Crippen molar-refractivity contribution in [2.45, 2.75) is 31.8 Å². The molecule has 0 radical (unpaired) electrons. The molecule has 2 heterocycles. The topological polar surface area (TPSA) is 99.2 Å². The first-order valence-corrected chi connectivity index (χ1v) is 11.8. The Hall–Kier alpha value is -3.47. The van der Waals surface area contributed by atoms with E-state index in [0.29, 0.717) is 24.4 Å². The molecule has 170 valence electrons. The van der Waals surface area contributed by atoms with Gasteiger partial charge in [0.05, 0.1) is 13.1 Å². The monoisotopic (exact) mass is 460 g/mol. The van der Waals surface area contributed by atoms with Crippen LogP contribution < -0.4 is 11.1 Å². The number of likely N-dealkylation sites (tertiary alicyclic amines) is 1. The Morgan fingerprint density at radius 3 is 2.21 bits per heavy atom. The van der Waals surface area contributed by atoms with Crippen molar-refractivity contribution < 1.29 is 9.59 Å². The molecule has 1 aliphatic heterocycles. The Kier molecular flexibility index (Phi) is 9.19. The number of carbonyl (C=O) groups excluding carboxylic acids is 2. The molecule has 0 aliphatic carbocycles. The predicted molar refractivity (Wildman–Crippen MR) is 130 cm³/mol. The zero-order valence-electron chi connectivity index (χ0n) is 18.4.